The molecule has 1 unspecified atom stereocenters. The Morgan fingerprint density at radius 1 is 1.48 bits per heavy atom. The Morgan fingerprint density at radius 3 is 2.95 bits per heavy atom. The zero-order chi connectivity index (χ0) is 15.0. The number of hydrogen-bond donors (Lipinski definition) is 1. The molecule has 3 rings (SSSR count). The van der Waals surface area contributed by atoms with E-state index in [2.05, 4.69) is 20.4 Å². The predicted octanol–water partition coefficient (Wildman–Crippen LogP) is 0.559. The van der Waals surface area contributed by atoms with Gasteiger partial charge in [0.2, 0.25) is 0 Å². The molecule has 2 aromatic rings. The molecule has 1 aliphatic rings. The van der Waals surface area contributed by atoms with Crippen molar-refractivity contribution >= 4 is 5.82 Å². The SMILES string of the molecule is CN1CCNCC1c1noc(-c2ccc([N+](=O)[O-])n2C)n1. The summed E-state index contributed by atoms with van der Waals surface area (Å²) in [5, 5.41) is 18.2. The maximum absolute atomic E-state index is 10.9. The lowest BCUT2D eigenvalue weighted by molar-refractivity contribution is -0.391. The molecule has 1 fully saturated rings. The fraction of sp³-hybridized carbons (Fsp3) is 0.500. The molecule has 0 radical (unpaired) electrons. The third kappa shape index (κ3) is 2.41. The Balaban J connectivity index is 1.90. The lowest BCUT2D eigenvalue weighted by Gasteiger charge is -2.30. The van der Waals surface area contributed by atoms with Gasteiger partial charge in [0, 0.05) is 25.7 Å². The molecule has 0 spiro atoms. The van der Waals surface area contributed by atoms with Crippen molar-refractivity contribution in [2.24, 2.45) is 7.05 Å². The number of rotatable bonds is 3. The molecule has 0 aliphatic carbocycles. The van der Waals surface area contributed by atoms with Gasteiger partial charge in [-0.2, -0.15) is 4.98 Å². The van der Waals surface area contributed by atoms with Crippen molar-refractivity contribution in [3.63, 3.8) is 0 Å². The van der Waals surface area contributed by atoms with Gasteiger partial charge < -0.3 is 20.0 Å². The molecule has 0 bridgehead atoms. The van der Waals surface area contributed by atoms with Crippen molar-refractivity contribution < 1.29 is 9.45 Å². The molecule has 1 atom stereocenters. The fourth-order valence-corrected chi connectivity index (χ4v) is 2.47. The van der Waals surface area contributed by atoms with Gasteiger partial charge >= 0.3 is 5.82 Å². The third-order valence-corrected chi connectivity index (χ3v) is 3.75. The Kier molecular flexibility index (Phi) is 3.43. The van der Waals surface area contributed by atoms with E-state index in [1.54, 1.807) is 13.1 Å². The molecule has 1 N–H and O–H groups in total. The van der Waals surface area contributed by atoms with Crippen molar-refractivity contribution in [1.82, 2.24) is 24.9 Å². The van der Waals surface area contributed by atoms with Crippen molar-refractivity contribution in [3.8, 4) is 11.6 Å². The number of nitrogens with one attached hydrogen (secondary N) is 1. The molecule has 112 valence electrons. The molecule has 21 heavy (non-hydrogen) atoms. The minimum atomic E-state index is -0.445. The second-order valence-corrected chi connectivity index (χ2v) is 5.05. The van der Waals surface area contributed by atoms with E-state index >= 15 is 0 Å². The normalized spacial score (nSPS) is 19.8. The highest BCUT2D eigenvalue weighted by Gasteiger charge is 2.27. The Hall–Kier alpha value is -2.26. The minimum absolute atomic E-state index is 0.0128. The second-order valence-electron chi connectivity index (χ2n) is 5.05. The van der Waals surface area contributed by atoms with Gasteiger partial charge in [0.15, 0.2) is 11.5 Å². The second kappa shape index (κ2) is 5.26. The first-order valence-corrected chi connectivity index (χ1v) is 6.63. The van der Waals surface area contributed by atoms with E-state index in [9.17, 15) is 10.1 Å². The minimum Gasteiger partial charge on any atom is -0.358 e. The monoisotopic (exact) mass is 292 g/mol. The van der Waals surface area contributed by atoms with Crippen LogP contribution >= 0.6 is 0 Å². The number of aromatic nitrogens is 3. The highest BCUT2D eigenvalue weighted by atomic mass is 16.6. The summed E-state index contributed by atoms with van der Waals surface area (Å²) in [4.78, 5) is 17.0. The molecule has 9 heteroatoms. The van der Waals surface area contributed by atoms with E-state index in [4.69, 9.17) is 4.52 Å². The van der Waals surface area contributed by atoms with Gasteiger partial charge in [-0.05, 0) is 18.0 Å². The predicted molar refractivity (Wildman–Crippen MR) is 73.6 cm³/mol. The first-order chi connectivity index (χ1) is 10.1. The van der Waals surface area contributed by atoms with Crippen LogP contribution in [0.15, 0.2) is 16.7 Å². The van der Waals surface area contributed by atoms with Crippen LogP contribution in [0, 0.1) is 10.1 Å². The highest BCUT2D eigenvalue weighted by Crippen LogP contribution is 2.26. The lowest BCUT2D eigenvalue weighted by Crippen LogP contribution is -2.44. The maximum Gasteiger partial charge on any atom is 0.323 e. The molecule has 2 aromatic heterocycles. The van der Waals surface area contributed by atoms with Crippen molar-refractivity contribution in [2.45, 2.75) is 6.04 Å². The fourth-order valence-electron chi connectivity index (χ4n) is 2.47. The molecule has 0 saturated carbocycles. The number of hydrogen-bond acceptors (Lipinski definition) is 7. The average molecular weight is 292 g/mol. The topological polar surface area (TPSA) is 102 Å². The van der Waals surface area contributed by atoms with Crippen LogP contribution in [0.3, 0.4) is 0 Å². The van der Waals surface area contributed by atoms with Gasteiger partial charge in [0.1, 0.15) is 0 Å². The zero-order valence-corrected chi connectivity index (χ0v) is 11.8. The Morgan fingerprint density at radius 2 is 2.29 bits per heavy atom. The molecule has 3 heterocycles. The van der Waals surface area contributed by atoms with Crippen LogP contribution in [0.4, 0.5) is 5.82 Å². The number of nitro groups is 1. The number of piperazine rings is 1. The van der Waals surface area contributed by atoms with E-state index in [1.165, 1.54) is 10.6 Å². The largest absolute Gasteiger partial charge is 0.358 e. The summed E-state index contributed by atoms with van der Waals surface area (Å²) in [6.45, 7) is 2.59. The molecular formula is C12H16N6O3. The van der Waals surface area contributed by atoms with E-state index in [0.29, 0.717) is 17.4 Å². The third-order valence-electron chi connectivity index (χ3n) is 3.75. The molecule has 1 saturated heterocycles. The van der Waals surface area contributed by atoms with Gasteiger partial charge in [-0.15, -0.1) is 0 Å². The van der Waals surface area contributed by atoms with Crippen molar-refractivity contribution in [3.05, 3.63) is 28.1 Å². The summed E-state index contributed by atoms with van der Waals surface area (Å²) in [6.07, 6.45) is 0. The van der Waals surface area contributed by atoms with Crippen LogP contribution in [0.1, 0.15) is 11.9 Å². The van der Waals surface area contributed by atoms with Crippen molar-refractivity contribution in [2.75, 3.05) is 26.7 Å². The van der Waals surface area contributed by atoms with Gasteiger partial charge in [0.05, 0.1) is 13.1 Å². The van der Waals surface area contributed by atoms with Crippen LogP contribution in [0.5, 0.6) is 0 Å². The molecule has 0 aromatic carbocycles. The summed E-state index contributed by atoms with van der Waals surface area (Å²) in [7, 11) is 3.61. The standard InChI is InChI=1S/C12H16N6O3/c1-16-6-5-13-7-9(16)11-14-12(21-15-11)8-3-4-10(17(8)2)18(19)20/h3-4,9,13H,5-7H2,1-2H3. The first kappa shape index (κ1) is 13.7. The van der Waals surface area contributed by atoms with Gasteiger partial charge in [-0.3, -0.25) is 4.90 Å². The van der Waals surface area contributed by atoms with E-state index in [1.807, 2.05) is 7.05 Å². The summed E-state index contributed by atoms with van der Waals surface area (Å²) in [6, 6.07) is 3.08. The average Bonchev–Trinajstić information content (AvgIpc) is 3.05. The summed E-state index contributed by atoms with van der Waals surface area (Å²) in [5.41, 5.74) is 0.534. The van der Waals surface area contributed by atoms with Crippen LogP contribution in [0.25, 0.3) is 11.6 Å². The van der Waals surface area contributed by atoms with Crippen LogP contribution in [-0.4, -0.2) is 51.2 Å². The van der Waals surface area contributed by atoms with Crippen LogP contribution in [-0.2, 0) is 7.05 Å². The lowest BCUT2D eigenvalue weighted by atomic mass is 10.2. The summed E-state index contributed by atoms with van der Waals surface area (Å²) in [5.74, 6) is 0.865. The van der Waals surface area contributed by atoms with Crippen LogP contribution in [0.2, 0.25) is 0 Å². The van der Waals surface area contributed by atoms with E-state index < -0.39 is 4.92 Å². The number of likely N-dealkylation sites (N-methyl/N-ethyl adjacent to an activating group) is 1. The zero-order valence-electron chi connectivity index (χ0n) is 11.8. The Labute approximate surface area is 120 Å². The first-order valence-electron chi connectivity index (χ1n) is 6.63. The molecular weight excluding hydrogens is 276 g/mol. The summed E-state index contributed by atoms with van der Waals surface area (Å²) < 4.78 is 6.70. The molecule has 1 aliphatic heterocycles. The highest BCUT2D eigenvalue weighted by molar-refractivity contribution is 5.52. The van der Waals surface area contributed by atoms with E-state index in [-0.39, 0.29) is 11.9 Å². The quantitative estimate of drug-likeness (QED) is 0.651. The van der Waals surface area contributed by atoms with Gasteiger partial charge in [-0.25, -0.2) is 4.57 Å². The van der Waals surface area contributed by atoms with Crippen LogP contribution < -0.4 is 5.32 Å². The van der Waals surface area contributed by atoms with Gasteiger partial charge in [-0.1, -0.05) is 5.16 Å². The summed E-state index contributed by atoms with van der Waals surface area (Å²) >= 11 is 0. The number of nitrogens with zero attached hydrogens (tertiary/aromatic N) is 5. The smallest absolute Gasteiger partial charge is 0.323 e. The van der Waals surface area contributed by atoms with Gasteiger partial charge in [0.25, 0.3) is 5.89 Å². The maximum atomic E-state index is 10.9. The van der Waals surface area contributed by atoms with Crippen molar-refractivity contribution in [1.29, 1.82) is 0 Å². The van der Waals surface area contributed by atoms with E-state index in [0.717, 1.165) is 19.6 Å². The molecule has 0 amide bonds. The molecule has 9 nitrogen and oxygen atoms in total. The Bertz CT molecular complexity index is 664.